The fourth-order valence-corrected chi connectivity index (χ4v) is 4.10. The number of pyridine rings is 1. The highest BCUT2D eigenvalue weighted by atomic mass is 32.1. The van der Waals surface area contributed by atoms with Gasteiger partial charge in [-0.2, -0.15) is 0 Å². The lowest BCUT2D eigenvalue weighted by Gasteiger charge is -2.35. The Morgan fingerprint density at radius 2 is 1.90 bits per heavy atom. The van der Waals surface area contributed by atoms with E-state index < -0.39 is 17.6 Å². The molecule has 7 nitrogen and oxygen atoms in total. The molecule has 1 unspecified atom stereocenters. The summed E-state index contributed by atoms with van der Waals surface area (Å²) in [5, 5.41) is 23.6. The Bertz CT molecular complexity index is 1010. The minimum atomic E-state index is -1.08. The van der Waals surface area contributed by atoms with Crippen LogP contribution in [0, 0.1) is 0 Å². The third kappa shape index (κ3) is 4.95. The van der Waals surface area contributed by atoms with Crippen LogP contribution >= 0.6 is 11.3 Å². The first-order valence-electron chi connectivity index (χ1n) is 9.53. The Kier molecular flexibility index (Phi) is 6.38. The molecule has 3 rings (SSSR count). The van der Waals surface area contributed by atoms with Crippen LogP contribution in [0.4, 0.5) is 9.80 Å². The van der Waals surface area contributed by atoms with Gasteiger partial charge in [-0.05, 0) is 49.4 Å². The van der Waals surface area contributed by atoms with Gasteiger partial charge in [0.1, 0.15) is 0 Å². The van der Waals surface area contributed by atoms with Gasteiger partial charge in [-0.1, -0.05) is 24.3 Å². The van der Waals surface area contributed by atoms with Crippen molar-refractivity contribution in [3.63, 3.8) is 0 Å². The van der Waals surface area contributed by atoms with Crippen LogP contribution in [0.2, 0.25) is 0 Å². The van der Waals surface area contributed by atoms with E-state index in [1.54, 1.807) is 57.4 Å². The Labute approximate surface area is 179 Å². The molecule has 1 atom stereocenters. The molecule has 8 heteroatoms. The second-order valence-electron chi connectivity index (χ2n) is 8.03. The average molecular weight is 428 g/mol. The number of aliphatic hydroxyl groups is 1. The maximum atomic E-state index is 13.2. The first-order valence-corrected chi connectivity index (χ1v) is 10.4. The monoisotopic (exact) mass is 427 g/mol. The molecule has 1 aromatic carbocycles. The molecule has 0 bridgehead atoms. The zero-order chi connectivity index (χ0) is 21.9. The van der Waals surface area contributed by atoms with Crippen LogP contribution in [0.5, 0.6) is 0 Å². The third-order valence-corrected chi connectivity index (χ3v) is 5.86. The predicted octanol–water partition coefficient (Wildman–Crippen LogP) is 4.29. The van der Waals surface area contributed by atoms with Gasteiger partial charge in [0.25, 0.3) is 0 Å². The van der Waals surface area contributed by atoms with Crippen molar-refractivity contribution in [1.82, 2.24) is 9.88 Å². The fraction of sp³-hybridized carbons (Fsp3) is 0.318. The van der Waals surface area contributed by atoms with Gasteiger partial charge < -0.3 is 20.4 Å². The highest BCUT2D eigenvalue weighted by molar-refractivity contribution is 7.22. The van der Waals surface area contributed by atoms with Crippen LogP contribution in [0.15, 0.2) is 48.8 Å². The maximum Gasteiger partial charge on any atom is 0.407 e. The number of hydrogen-bond acceptors (Lipinski definition) is 5. The predicted molar refractivity (Wildman–Crippen MR) is 118 cm³/mol. The standard InChI is InChI=1S/C22H25N3O4S/c1-22(2,3)25(21(28)29)12-17(15-6-4-14(13-26)5-7-15)20(27)24-19-10-16-8-9-23-11-18(16)30-19/h4-11,17,26H,12-13H2,1-3H3,(H,24,27)(H,28,29). The summed E-state index contributed by atoms with van der Waals surface area (Å²) in [6.45, 7) is 5.30. The van der Waals surface area contributed by atoms with Gasteiger partial charge in [0.05, 0.1) is 22.2 Å². The Balaban J connectivity index is 1.92. The molecule has 2 heterocycles. The van der Waals surface area contributed by atoms with Crippen molar-refractivity contribution in [2.24, 2.45) is 0 Å². The minimum absolute atomic E-state index is 0.00951. The number of carboxylic acid groups (broad SMARTS) is 1. The van der Waals surface area contributed by atoms with Crippen molar-refractivity contribution < 1.29 is 19.8 Å². The van der Waals surface area contributed by atoms with Gasteiger partial charge >= 0.3 is 6.09 Å². The van der Waals surface area contributed by atoms with Crippen molar-refractivity contribution in [3.05, 3.63) is 59.9 Å². The number of benzene rings is 1. The van der Waals surface area contributed by atoms with E-state index in [1.165, 1.54) is 16.2 Å². The van der Waals surface area contributed by atoms with E-state index in [9.17, 15) is 19.8 Å². The first-order chi connectivity index (χ1) is 14.2. The van der Waals surface area contributed by atoms with E-state index in [1.807, 2.05) is 12.1 Å². The normalized spacial score (nSPS) is 12.5. The summed E-state index contributed by atoms with van der Waals surface area (Å²) in [7, 11) is 0. The quantitative estimate of drug-likeness (QED) is 0.545. The zero-order valence-corrected chi connectivity index (χ0v) is 17.9. The molecule has 0 radical (unpaired) electrons. The average Bonchev–Trinajstić information content (AvgIpc) is 3.09. The van der Waals surface area contributed by atoms with E-state index in [0.717, 1.165) is 15.6 Å². The summed E-state index contributed by atoms with van der Waals surface area (Å²) in [5.74, 6) is -1.00. The van der Waals surface area contributed by atoms with E-state index >= 15 is 0 Å². The number of aliphatic hydroxyl groups excluding tert-OH is 1. The first kappa shape index (κ1) is 21.7. The summed E-state index contributed by atoms with van der Waals surface area (Å²) in [6.07, 6.45) is 2.35. The molecule has 30 heavy (non-hydrogen) atoms. The topological polar surface area (TPSA) is 103 Å². The maximum absolute atomic E-state index is 13.2. The Morgan fingerprint density at radius 1 is 1.20 bits per heavy atom. The number of carbonyl (C=O) groups is 2. The van der Waals surface area contributed by atoms with Gasteiger partial charge in [-0.3, -0.25) is 9.78 Å². The number of anilines is 1. The van der Waals surface area contributed by atoms with Crippen LogP contribution in [0.25, 0.3) is 10.1 Å². The number of hydrogen-bond donors (Lipinski definition) is 3. The molecule has 0 saturated carbocycles. The van der Waals surface area contributed by atoms with Crippen LogP contribution in [-0.4, -0.2) is 44.2 Å². The van der Waals surface area contributed by atoms with Gasteiger partial charge in [-0.15, -0.1) is 11.3 Å². The lowest BCUT2D eigenvalue weighted by molar-refractivity contribution is -0.118. The molecule has 0 fully saturated rings. The number of rotatable bonds is 6. The largest absolute Gasteiger partial charge is 0.465 e. The Morgan fingerprint density at radius 3 is 2.47 bits per heavy atom. The van der Waals surface area contributed by atoms with Crippen molar-refractivity contribution in [3.8, 4) is 0 Å². The zero-order valence-electron chi connectivity index (χ0n) is 17.1. The number of thiophene rings is 1. The third-order valence-electron chi connectivity index (χ3n) is 4.86. The molecule has 0 aliphatic carbocycles. The summed E-state index contributed by atoms with van der Waals surface area (Å²) in [6, 6.07) is 10.7. The van der Waals surface area contributed by atoms with E-state index in [2.05, 4.69) is 10.3 Å². The second kappa shape index (κ2) is 8.81. The van der Waals surface area contributed by atoms with E-state index in [4.69, 9.17) is 0 Å². The van der Waals surface area contributed by atoms with Gasteiger partial charge in [0, 0.05) is 24.5 Å². The number of aromatic nitrogens is 1. The lowest BCUT2D eigenvalue weighted by Crippen LogP contribution is -2.48. The van der Waals surface area contributed by atoms with Gasteiger partial charge in [-0.25, -0.2) is 4.79 Å². The number of nitrogens with one attached hydrogen (secondary N) is 1. The SMILES string of the molecule is CC(C)(C)N(CC(C(=O)Nc1cc2ccncc2s1)c1ccc(CO)cc1)C(=O)O. The van der Waals surface area contributed by atoms with Crippen molar-refractivity contribution in [2.45, 2.75) is 38.8 Å². The summed E-state index contributed by atoms with van der Waals surface area (Å²) >= 11 is 1.42. The molecule has 0 saturated heterocycles. The van der Waals surface area contributed by atoms with E-state index in [-0.39, 0.29) is 19.1 Å². The number of amides is 2. The highest BCUT2D eigenvalue weighted by Gasteiger charge is 2.32. The van der Waals surface area contributed by atoms with Gasteiger partial charge in [0.2, 0.25) is 5.91 Å². The molecule has 3 aromatic rings. The van der Waals surface area contributed by atoms with Gasteiger partial charge in [0.15, 0.2) is 0 Å². The van der Waals surface area contributed by atoms with Crippen LogP contribution in [-0.2, 0) is 11.4 Å². The van der Waals surface area contributed by atoms with Crippen molar-refractivity contribution >= 4 is 38.4 Å². The molecule has 3 N–H and O–H groups in total. The summed E-state index contributed by atoms with van der Waals surface area (Å²) in [5.41, 5.74) is 0.738. The van der Waals surface area contributed by atoms with Crippen molar-refractivity contribution in [2.75, 3.05) is 11.9 Å². The fourth-order valence-electron chi connectivity index (χ4n) is 3.17. The highest BCUT2D eigenvalue weighted by Crippen LogP contribution is 2.31. The number of carbonyl (C=O) groups excluding carboxylic acids is 1. The van der Waals surface area contributed by atoms with Crippen LogP contribution in [0.3, 0.4) is 0 Å². The molecular weight excluding hydrogens is 402 g/mol. The molecule has 0 aliphatic heterocycles. The molecule has 2 aromatic heterocycles. The number of nitrogens with zero attached hydrogens (tertiary/aromatic N) is 2. The molecule has 0 spiro atoms. The molecule has 2 amide bonds. The second-order valence-corrected chi connectivity index (χ2v) is 9.11. The summed E-state index contributed by atoms with van der Waals surface area (Å²) < 4.78 is 0.957. The van der Waals surface area contributed by atoms with Crippen molar-refractivity contribution in [1.29, 1.82) is 0 Å². The Hall–Kier alpha value is -2.97. The molecule has 0 aliphatic rings. The molecular formula is C22H25N3O4S. The lowest BCUT2D eigenvalue weighted by atomic mass is 9.94. The van der Waals surface area contributed by atoms with Crippen LogP contribution in [0.1, 0.15) is 37.8 Å². The minimum Gasteiger partial charge on any atom is -0.465 e. The smallest absolute Gasteiger partial charge is 0.407 e. The summed E-state index contributed by atoms with van der Waals surface area (Å²) in [4.78, 5) is 30.5. The number of fused-ring (bicyclic) bond motifs is 1. The van der Waals surface area contributed by atoms with Crippen LogP contribution < -0.4 is 5.32 Å². The molecule has 158 valence electrons. The van der Waals surface area contributed by atoms with E-state index in [0.29, 0.717) is 10.6 Å².